The third-order valence-electron chi connectivity index (χ3n) is 6.84. The molecule has 5 nitrogen and oxygen atoms in total. The summed E-state index contributed by atoms with van der Waals surface area (Å²) in [6.07, 6.45) is 1.50. The molecule has 1 aliphatic carbocycles. The summed E-state index contributed by atoms with van der Waals surface area (Å²) in [7, 11) is 0. The molecule has 2 aliphatic rings. The molecule has 5 rings (SSSR count). The van der Waals surface area contributed by atoms with E-state index >= 15 is 4.39 Å². The lowest BCUT2D eigenvalue weighted by molar-refractivity contribution is -0.195. The molecule has 3 aromatic rings. The zero-order valence-electron chi connectivity index (χ0n) is 18.7. The third kappa shape index (κ3) is 4.11. The van der Waals surface area contributed by atoms with Gasteiger partial charge in [0.25, 0.3) is 6.43 Å². The summed E-state index contributed by atoms with van der Waals surface area (Å²) in [4.78, 5) is 8.66. The van der Waals surface area contributed by atoms with Crippen LogP contribution >= 0.6 is 0 Å². The van der Waals surface area contributed by atoms with Crippen LogP contribution in [-0.4, -0.2) is 29.0 Å². The van der Waals surface area contributed by atoms with Crippen molar-refractivity contribution in [3.8, 4) is 0 Å². The first-order chi connectivity index (χ1) is 16.3. The number of hydrogen-bond acceptors (Lipinski definition) is 5. The average Bonchev–Trinajstić information content (AvgIpc) is 3.29. The zero-order chi connectivity index (χ0) is 23.9. The number of alkyl halides is 3. The van der Waals surface area contributed by atoms with Crippen LogP contribution in [0.15, 0.2) is 42.7 Å². The van der Waals surface area contributed by atoms with E-state index < -0.39 is 35.3 Å². The fraction of sp³-hybridized carbons (Fsp3) is 0.440. The summed E-state index contributed by atoms with van der Waals surface area (Å²) in [5, 5.41) is 3.80. The van der Waals surface area contributed by atoms with Crippen molar-refractivity contribution in [3.63, 3.8) is 0 Å². The molecule has 180 valence electrons. The summed E-state index contributed by atoms with van der Waals surface area (Å²) >= 11 is 0. The molecular formula is C25H25F4N3O2. The van der Waals surface area contributed by atoms with Gasteiger partial charge in [-0.05, 0) is 31.9 Å². The Labute approximate surface area is 194 Å². The van der Waals surface area contributed by atoms with E-state index in [-0.39, 0.29) is 18.4 Å². The van der Waals surface area contributed by atoms with E-state index in [2.05, 4.69) is 15.3 Å². The molecule has 1 aliphatic heterocycles. The van der Waals surface area contributed by atoms with Gasteiger partial charge in [0, 0.05) is 35.7 Å². The predicted molar refractivity (Wildman–Crippen MR) is 119 cm³/mol. The summed E-state index contributed by atoms with van der Waals surface area (Å²) < 4.78 is 68.3. The predicted octanol–water partition coefficient (Wildman–Crippen LogP) is 6.36. The van der Waals surface area contributed by atoms with Gasteiger partial charge >= 0.3 is 0 Å². The average molecular weight is 475 g/mol. The van der Waals surface area contributed by atoms with Crippen LogP contribution < -0.4 is 5.32 Å². The van der Waals surface area contributed by atoms with Crippen LogP contribution in [-0.2, 0) is 15.1 Å². The van der Waals surface area contributed by atoms with E-state index in [1.807, 2.05) is 0 Å². The van der Waals surface area contributed by atoms with Gasteiger partial charge in [0.1, 0.15) is 5.82 Å². The molecule has 2 fully saturated rings. The Hall–Kier alpha value is -2.78. The first-order valence-electron chi connectivity index (χ1n) is 11.4. The molecule has 0 radical (unpaired) electrons. The van der Waals surface area contributed by atoms with Crippen LogP contribution in [0.4, 0.5) is 23.2 Å². The second kappa shape index (κ2) is 8.78. The second-order valence-corrected chi connectivity index (χ2v) is 8.94. The number of halogens is 4. The van der Waals surface area contributed by atoms with Crippen molar-refractivity contribution in [2.24, 2.45) is 0 Å². The number of aromatic nitrogens is 2. The lowest BCUT2D eigenvalue weighted by Crippen LogP contribution is -2.40. The molecule has 1 saturated carbocycles. The van der Waals surface area contributed by atoms with E-state index in [1.54, 1.807) is 25.3 Å². The lowest BCUT2D eigenvalue weighted by atomic mass is 9.80. The molecule has 1 saturated heterocycles. The Bertz CT molecular complexity index is 1190. The molecule has 9 heteroatoms. The van der Waals surface area contributed by atoms with Crippen LogP contribution in [0.5, 0.6) is 0 Å². The quantitative estimate of drug-likeness (QED) is 0.435. The van der Waals surface area contributed by atoms with E-state index in [1.165, 1.54) is 18.3 Å². The van der Waals surface area contributed by atoms with E-state index in [4.69, 9.17) is 9.47 Å². The molecule has 1 spiro atoms. The van der Waals surface area contributed by atoms with Gasteiger partial charge in [-0.1, -0.05) is 18.2 Å². The van der Waals surface area contributed by atoms with E-state index in [0.717, 1.165) is 6.07 Å². The van der Waals surface area contributed by atoms with Gasteiger partial charge in [0.05, 0.1) is 42.2 Å². The van der Waals surface area contributed by atoms with Crippen molar-refractivity contribution in [2.45, 2.75) is 56.5 Å². The highest BCUT2D eigenvalue weighted by Gasteiger charge is 2.48. The van der Waals surface area contributed by atoms with Crippen LogP contribution in [0.25, 0.3) is 10.9 Å². The number of ether oxygens (including phenoxy) is 2. The van der Waals surface area contributed by atoms with E-state index in [9.17, 15) is 13.2 Å². The van der Waals surface area contributed by atoms with Crippen molar-refractivity contribution in [1.29, 1.82) is 0 Å². The van der Waals surface area contributed by atoms with Gasteiger partial charge in [0.2, 0.25) is 0 Å². The van der Waals surface area contributed by atoms with Crippen LogP contribution in [0.1, 0.15) is 61.9 Å². The molecule has 0 unspecified atom stereocenters. The topological polar surface area (TPSA) is 56.3 Å². The number of nitrogens with one attached hydrogen (secondary N) is 1. The molecular weight excluding hydrogens is 450 g/mol. The second-order valence-electron chi connectivity index (χ2n) is 8.94. The number of benzene rings is 1. The number of nitrogens with zero attached hydrogens (tertiary/aromatic N) is 2. The molecule has 0 bridgehead atoms. The fourth-order valence-corrected chi connectivity index (χ4v) is 4.87. The van der Waals surface area contributed by atoms with Crippen LogP contribution in [0, 0.1) is 5.82 Å². The Morgan fingerprint density at radius 2 is 1.71 bits per heavy atom. The highest BCUT2D eigenvalue weighted by atomic mass is 19.3. The van der Waals surface area contributed by atoms with Gasteiger partial charge in [-0.3, -0.25) is 9.97 Å². The first-order valence-corrected chi connectivity index (χ1v) is 11.4. The third-order valence-corrected chi connectivity index (χ3v) is 6.84. The van der Waals surface area contributed by atoms with Crippen molar-refractivity contribution in [2.75, 3.05) is 18.5 Å². The number of pyridine rings is 2. The zero-order valence-corrected chi connectivity index (χ0v) is 18.7. The largest absolute Gasteiger partial charge is 0.378 e. The van der Waals surface area contributed by atoms with Crippen molar-refractivity contribution < 1.29 is 27.0 Å². The van der Waals surface area contributed by atoms with Crippen LogP contribution in [0.3, 0.4) is 0 Å². The maximum absolute atomic E-state index is 16.0. The van der Waals surface area contributed by atoms with Crippen LogP contribution in [0.2, 0.25) is 0 Å². The summed E-state index contributed by atoms with van der Waals surface area (Å²) in [5.41, 5.74) is -0.731. The minimum Gasteiger partial charge on any atom is -0.378 e. The number of hydrogen-bond donors (Lipinski definition) is 1. The number of anilines is 1. The number of fused-ring (bicyclic) bond motifs is 1. The Kier molecular flexibility index (Phi) is 5.93. The normalized spacial score (nSPS) is 20.2. The summed E-state index contributed by atoms with van der Waals surface area (Å²) in [6, 6.07) is 6.69. The highest BCUT2D eigenvalue weighted by Crippen LogP contribution is 2.47. The SMILES string of the molecule is C[C@@H](Nc1ccnc2cnc(C3(F)CCC4(CC3)OCCO4)cc12)c1cccc(C(F)F)c1F. The van der Waals surface area contributed by atoms with E-state index in [0.29, 0.717) is 48.3 Å². The standard InChI is InChI=1S/C25H25F4N3O2/c1-15(16-3-2-4-17(22(16)26)23(27)28)32-19-5-10-30-20-14-31-21(13-18(19)20)24(29)6-8-25(9-7-24)33-11-12-34-25/h2-5,10,13-15,23H,6-9,11-12H2,1H3,(H,30,32)/t15-/m1/s1. The smallest absolute Gasteiger partial charge is 0.266 e. The van der Waals surface area contributed by atoms with Gasteiger partial charge < -0.3 is 14.8 Å². The summed E-state index contributed by atoms with van der Waals surface area (Å²) in [5.74, 6) is -1.62. The minimum absolute atomic E-state index is 0.119. The maximum atomic E-state index is 16.0. The Morgan fingerprint density at radius 1 is 1.00 bits per heavy atom. The maximum Gasteiger partial charge on any atom is 0.266 e. The van der Waals surface area contributed by atoms with Gasteiger partial charge in [-0.15, -0.1) is 0 Å². The summed E-state index contributed by atoms with van der Waals surface area (Å²) in [6.45, 7) is 2.72. The Balaban J connectivity index is 1.43. The fourth-order valence-electron chi connectivity index (χ4n) is 4.87. The molecule has 1 N–H and O–H groups in total. The van der Waals surface area contributed by atoms with Crippen molar-refractivity contribution in [3.05, 3.63) is 65.4 Å². The van der Waals surface area contributed by atoms with Gasteiger partial charge in [-0.2, -0.15) is 0 Å². The molecule has 1 atom stereocenters. The lowest BCUT2D eigenvalue weighted by Gasteiger charge is -2.38. The minimum atomic E-state index is -2.90. The van der Waals surface area contributed by atoms with Gasteiger partial charge in [-0.25, -0.2) is 17.6 Å². The molecule has 2 aromatic heterocycles. The Morgan fingerprint density at radius 3 is 2.41 bits per heavy atom. The molecule has 0 amide bonds. The number of rotatable bonds is 5. The molecule has 34 heavy (non-hydrogen) atoms. The highest BCUT2D eigenvalue weighted by molar-refractivity contribution is 5.91. The first kappa shape index (κ1) is 23.0. The van der Waals surface area contributed by atoms with Crippen molar-refractivity contribution >= 4 is 16.6 Å². The monoisotopic (exact) mass is 475 g/mol. The van der Waals surface area contributed by atoms with Gasteiger partial charge in [0.15, 0.2) is 11.5 Å². The van der Waals surface area contributed by atoms with Crippen molar-refractivity contribution in [1.82, 2.24) is 9.97 Å². The molecule has 3 heterocycles. The molecule has 1 aromatic carbocycles.